The summed E-state index contributed by atoms with van der Waals surface area (Å²) in [5.74, 6) is 0. The molecule has 0 atom stereocenters. The van der Waals surface area contributed by atoms with Crippen molar-refractivity contribution in [3.8, 4) is 0 Å². The summed E-state index contributed by atoms with van der Waals surface area (Å²) in [7, 11) is -0.307. The Kier molecular flexibility index (Phi) is 3.84. The van der Waals surface area contributed by atoms with Gasteiger partial charge >= 0.3 is 0 Å². The van der Waals surface area contributed by atoms with E-state index < -0.39 is 10.0 Å². The number of nitrogens with two attached hydrogens (primary N) is 1. The lowest BCUT2D eigenvalue weighted by Crippen LogP contribution is -2.23. The molecule has 84 valence electrons. The normalized spacial score (nSPS) is 12.0. The van der Waals surface area contributed by atoms with Crippen molar-refractivity contribution in [2.45, 2.75) is 11.3 Å². The molecule has 0 saturated heterocycles. The van der Waals surface area contributed by atoms with E-state index in [-0.39, 0.29) is 0 Å². The topological polar surface area (TPSA) is 63.4 Å². The minimum atomic E-state index is -3.35. The highest BCUT2D eigenvalue weighted by Gasteiger charge is 2.19. The van der Waals surface area contributed by atoms with Crippen LogP contribution in [0.15, 0.2) is 29.2 Å². The Bertz CT molecular complexity index is 427. The van der Waals surface area contributed by atoms with Gasteiger partial charge in [-0.15, -0.1) is 0 Å². The van der Waals surface area contributed by atoms with Gasteiger partial charge in [0.05, 0.1) is 4.90 Å². The Morgan fingerprint density at radius 2 is 1.87 bits per heavy atom. The summed E-state index contributed by atoms with van der Waals surface area (Å²) in [6.07, 6.45) is 0.573. The molecule has 0 unspecified atom stereocenters. The van der Waals surface area contributed by atoms with Crippen molar-refractivity contribution < 1.29 is 8.42 Å². The van der Waals surface area contributed by atoms with Gasteiger partial charge in [0.2, 0.25) is 10.0 Å². The Hall–Kier alpha value is -0.910. The van der Waals surface area contributed by atoms with Crippen molar-refractivity contribution in [2.24, 2.45) is 5.73 Å². The molecule has 1 aromatic rings. The third-order valence-corrected chi connectivity index (χ3v) is 4.06. The molecule has 0 heterocycles. The van der Waals surface area contributed by atoms with Crippen molar-refractivity contribution in [1.82, 2.24) is 4.31 Å². The highest BCUT2D eigenvalue weighted by atomic mass is 32.2. The lowest BCUT2D eigenvalue weighted by Gasteiger charge is -2.14. The summed E-state index contributed by atoms with van der Waals surface area (Å²) >= 11 is 0. The van der Waals surface area contributed by atoms with Crippen molar-refractivity contribution >= 4 is 10.0 Å². The second-order valence-electron chi connectivity index (χ2n) is 3.43. The maximum Gasteiger partial charge on any atom is 0.242 e. The van der Waals surface area contributed by atoms with Crippen molar-refractivity contribution in [1.29, 1.82) is 0 Å². The monoisotopic (exact) mass is 228 g/mol. The van der Waals surface area contributed by atoms with Crippen LogP contribution in [0.5, 0.6) is 0 Å². The summed E-state index contributed by atoms with van der Waals surface area (Å²) in [6, 6.07) is 6.94. The van der Waals surface area contributed by atoms with Crippen LogP contribution in [0.1, 0.15) is 5.56 Å². The second-order valence-corrected chi connectivity index (χ2v) is 5.55. The Balaban J connectivity index is 3.25. The molecule has 0 fully saturated rings. The van der Waals surface area contributed by atoms with E-state index in [1.54, 1.807) is 18.2 Å². The number of nitrogens with zero attached hydrogens (tertiary/aromatic N) is 1. The lowest BCUT2D eigenvalue weighted by molar-refractivity contribution is 0.519. The van der Waals surface area contributed by atoms with Crippen LogP contribution in [0, 0.1) is 0 Å². The smallest absolute Gasteiger partial charge is 0.242 e. The first-order valence-electron chi connectivity index (χ1n) is 4.70. The van der Waals surface area contributed by atoms with Gasteiger partial charge in [0.15, 0.2) is 0 Å². The molecule has 1 rings (SSSR count). The van der Waals surface area contributed by atoms with E-state index in [1.807, 2.05) is 6.07 Å². The first-order valence-corrected chi connectivity index (χ1v) is 6.14. The van der Waals surface area contributed by atoms with Gasteiger partial charge in [0.1, 0.15) is 0 Å². The largest absolute Gasteiger partial charge is 0.330 e. The molecule has 0 radical (unpaired) electrons. The van der Waals surface area contributed by atoms with E-state index in [9.17, 15) is 8.42 Å². The van der Waals surface area contributed by atoms with Gasteiger partial charge in [-0.2, -0.15) is 0 Å². The Morgan fingerprint density at radius 3 is 2.40 bits per heavy atom. The second kappa shape index (κ2) is 4.74. The average Bonchev–Trinajstić information content (AvgIpc) is 2.18. The molecular weight excluding hydrogens is 212 g/mol. The zero-order valence-electron chi connectivity index (χ0n) is 8.97. The summed E-state index contributed by atoms with van der Waals surface area (Å²) < 4.78 is 25.0. The summed E-state index contributed by atoms with van der Waals surface area (Å²) in [5.41, 5.74) is 6.21. The standard InChI is InChI=1S/C10H16N2O2S/c1-12(2)15(13,14)10-6-4-3-5-9(10)7-8-11/h3-6H,7-8,11H2,1-2H3. The van der Waals surface area contributed by atoms with Crippen molar-refractivity contribution in [2.75, 3.05) is 20.6 Å². The molecule has 1 aromatic carbocycles. The zero-order valence-corrected chi connectivity index (χ0v) is 9.79. The van der Waals surface area contributed by atoms with Gasteiger partial charge in [-0.05, 0) is 24.6 Å². The first-order chi connectivity index (χ1) is 7.00. The fraction of sp³-hybridized carbons (Fsp3) is 0.400. The van der Waals surface area contributed by atoms with Crippen LogP contribution < -0.4 is 5.73 Å². The van der Waals surface area contributed by atoms with E-state index in [4.69, 9.17) is 5.73 Å². The number of rotatable bonds is 4. The highest BCUT2D eigenvalue weighted by Crippen LogP contribution is 2.18. The molecule has 0 saturated carbocycles. The number of hydrogen-bond acceptors (Lipinski definition) is 3. The average molecular weight is 228 g/mol. The molecule has 0 aliphatic heterocycles. The van der Waals surface area contributed by atoms with Gasteiger partial charge in [0.25, 0.3) is 0 Å². The molecule has 0 aromatic heterocycles. The van der Waals surface area contributed by atoms with E-state index in [0.717, 1.165) is 5.56 Å². The molecule has 15 heavy (non-hydrogen) atoms. The van der Waals surface area contributed by atoms with Crippen LogP contribution >= 0.6 is 0 Å². The third kappa shape index (κ3) is 2.56. The first kappa shape index (κ1) is 12.2. The summed E-state index contributed by atoms with van der Waals surface area (Å²) in [5, 5.41) is 0. The maximum atomic E-state index is 11.9. The molecule has 5 heteroatoms. The van der Waals surface area contributed by atoms with Crippen LogP contribution in [0.25, 0.3) is 0 Å². The zero-order chi connectivity index (χ0) is 11.5. The van der Waals surface area contributed by atoms with Gasteiger partial charge in [-0.1, -0.05) is 18.2 Å². The fourth-order valence-corrected chi connectivity index (χ4v) is 2.46. The SMILES string of the molecule is CN(C)S(=O)(=O)c1ccccc1CCN. The molecule has 0 bridgehead atoms. The van der Waals surface area contributed by atoms with Gasteiger partial charge in [-0.3, -0.25) is 0 Å². The Labute approximate surface area is 90.8 Å². The predicted octanol–water partition coefficient (Wildman–Crippen LogP) is 0.438. The van der Waals surface area contributed by atoms with Crippen LogP contribution in [0.2, 0.25) is 0 Å². The molecule has 0 aliphatic carbocycles. The molecule has 0 amide bonds. The van der Waals surface area contributed by atoms with E-state index in [0.29, 0.717) is 17.9 Å². The number of hydrogen-bond donors (Lipinski definition) is 1. The van der Waals surface area contributed by atoms with Gasteiger partial charge < -0.3 is 5.73 Å². The summed E-state index contributed by atoms with van der Waals surface area (Å²) in [6.45, 7) is 0.444. The molecule has 0 spiro atoms. The van der Waals surface area contributed by atoms with Crippen LogP contribution in [0.3, 0.4) is 0 Å². The molecule has 0 aliphatic rings. The number of sulfonamides is 1. The molecule has 2 N–H and O–H groups in total. The summed E-state index contributed by atoms with van der Waals surface area (Å²) in [4.78, 5) is 0.348. The van der Waals surface area contributed by atoms with E-state index in [1.165, 1.54) is 18.4 Å². The van der Waals surface area contributed by atoms with E-state index >= 15 is 0 Å². The van der Waals surface area contributed by atoms with Gasteiger partial charge in [-0.25, -0.2) is 12.7 Å². The highest BCUT2D eigenvalue weighted by molar-refractivity contribution is 7.89. The minimum absolute atomic E-state index is 0.348. The quantitative estimate of drug-likeness (QED) is 0.813. The van der Waals surface area contributed by atoms with Gasteiger partial charge in [0, 0.05) is 14.1 Å². The lowest BCUT2D eigenvalue weighted by atomic mass is 10.1. The maximum absolute atomic E-state index is 11.9. The Morgan fingerprint density at radius 1 is 1.27 bits per heavy atom. The van der Waals surface area contributed by atoms with Crippen LogP contribution in [-0.2, 0) is 16.4 Å². The molecular formula is C10H16N2O2S. The van der Waals surface area contributed by atoms with Crippen LogP contribution in [-0.4, -0.2) is 33.4 Å². The van der Waals surface area contributed by atoms with E-state index in [2.05, 4.69) is 0 Å². The van der Waals surface area contributed by atoms with Crippen molar-refractivity contribution in [3.05, 3.63) is 29.8 Å². The van der Waals surface area contributed by atoms with Crippen LogP contribution in [0.4, 0.5) is 0 Å². The fourth-order valence-electron chi connectivity index (χ4n) is 1.31. The molecule has 4 nitrogen and oxygen atoms in total. The predicted molar refractivity (Wildman–Crippen MR) is 60.1 cm³/mol. The third-order valence-electron chi connectivity index (χ3n) is 2.14. The minimum Gasteiger partial charge on any atom is -0.330 e. The number of benzene rings is 1. The van der Waals surface area contributed by atoms with Crippen molar-refractivity contribution in [3.63, 3.8) is 0 Å².